The van der Waals surface area contributed by atoms with Crippen molar-refractivity contribution in [2.75, 3.05) is 5.32 Å². The number of amides is 1. The summed E-state index contributed by atoms with van der Waals surface area (Å²) in [6.45, 7) is 0. The molecule has 0 spiro atoms. The number of carbonyl (C=O) groups is 1. The van der Waals surface area contributed by atoms with Gasteiger partial charge in [-0.25, -0.2) is 0 Å². The topological polar surface area (TPSA) is 29.1 Å². The summed E-state index contributed by atoms with van der Waals surface area (Å²) in [5.41, 5.74) is 0.912. The summed E-state index contributed by atoms with van der Waals surface area (Å²) < 4.78 is 1.15. The highest BCUT2D eigenvalue weighted by molar-refractivity contribution is 14.1. The van der Waals surface area contributed by atoms with Crippen molar-refractivity contribution < 1.29 is 4.79 Å². The lowest BCUT2D eigenvalue weighted by atomic mass is 10.0. The fraction of sp³-hybridized carbons (Fsp3) is 0.462. The van der Waals surface area contributed by atoms with Crippen molar-refractivity contribution in [2.45, 2.75) is 32.1 Å². The molecule has 2 rings (SSSR count). The van der Waals surface area contributed by atoms with Crippen molar-refractivity contribution in [3.05, 3.63) is 27.8 Å². The van der Waals surface area contributed by atoms with Gasteiger partial charge in [0.1, 0.15) is 0 Å². The van der Waals surface area contributed by atoms with Gasteiger partial charge in [0.05, 0.1) is 0 Å². The van der Waals surface area contributed by atoms with Crippen LogP contribution >= 0.6 is 22.6 Å². The van der Waals surface area contributed by atoms with Crippen molar-refractivity contribution >= 4 is 34.2 Å². The summed E-state index contributed by atoms with van der Waals surface area (Å²) in [4.78, 5) is 11.8. The van der Waals surface area contributed by atoms with Gasteiger partial charge >= 0.3 is 0 Å². The number of hydrogen-bond donors (Lipinski definition) is 1. The van der Waals surface area contributed by atoms with E-state index in [9.17, 15) is 4.79 Å². The number of carbonyl (C=O) groups excluding carboxylic acids is 1. The molecule has 1 fully saturated rings. The SMILES string of the molecule is O=C(CC1CCCC1)Nc1cccc(I)c1. The van der Waals surface area contributed by atoms with Gasteiger partial charge in [-0.2, -0.15) is 0 Å². The lowest BCUT2D eigenvalue weighted by molar-refractivity contribution is -0.117. The zero-order valence-corrected chi connectivity index (χ0v) is 11.4. The largest absolute Gasteiger partial charge is 0.326 e. The van der Waals surface area contributed by atoms with Gasteiger partial charge in [-0.3, -0.25) is 4.79 Å². The molecule has 0 unspecified atom stereocenters. The van der Waals surface area contributed by atoms with Crippen LogP contribution in [0.5, 0.6) is 0 Å². The molecule has 86 valence electrons. The summed E-state index contributed by atoms with van der Waals surface area (Å²) in [6, 6.07) is 7.92. The predicted molar refractivity (Wildman–Crippen MR) is 74.4 cm³/mol. The molecule has 16 heavy (non-hydrogen) atoms. The first-order valence-electron chi connectivity index (χ1n) is 5.79. The molecule has 0 heterocycles. The lowest BCUT2D eigenvalue weighted by Gasteiger charge is -2.09. The molecule has 0 aromatic heterocycles. The second-order valence-electron chi connectivity index (χ2n) is 4.41. The molecule has 3 heteroatoms. The van der Waals surface area contributed by atoms with Gasteiger partial charge in [-0.15, -0.1) is 0 Å². The summed E-state index contributed by atoms with van der Waals surface area (Å²) >= 11 is 2.25. The van der Waals surface area contributed by atoms with E-state index in [0.717, 1.165) is 9.26 Å². The van der Waals surface area contributed by atoms with Gasteiger partial charge in [0.2, 0.25) is 5.91 Å². The van der Waals surface area contributed by atoms with Crippen LogP contribution in [0.4, 0.5) is 5.69 Å². The molecule has 0 atom stereocenters. The van der Waals surface area contributed by atoms with Crippen molar-refractivity contribution in [1.82, 2.24) is 0 Å². The van der Waals surface area contributed by atoms with Crippen LogP contribution in [0, 0.1) is 9.49 Å². The third kappa shape index (κ3) is 3.47. The minimum atomic E-state index is 0.161. The molecule has 1 N–H and O–H groups in total. The number of rotatable bonds is 3. The number of hydrogen-bond acceptors (Lipinski definition) is 1. The van der Waals surface area contributed by atoms with Crippen LogP contribution in [-0.2, 0) is 4.79 Å². The van der Waals surface area contributed by atoms with E-state index in [1.165, 1.54) is 25.7 Å². The van der Waals surface area contributed by atoms with Crippen molar-refractivity contribution in [3.8, 4) is 0 Å². The Hall–Kier alpha value is -0.580. The summed E-state index contributed by atoms with van der Waals surface area (Å²) in [6.07, 6.45) is 5.72. The highest BCUT2D eigenvalue weighted by Gasteiger charge is 2.18. The standard InChI is InChI=1S/C13H16INO/c14-11-6-3-7-12(9-11)15-13(16)8-10-4-1-2-5-10/h3,6-7,9-10H,1-2,4-5,8H2,(H,15,16). The average molecular weight is 329 g/mol. The highest BCUT2D eigenvalue weighted by atomic mass is 127. The first kappa shape index (κ1) is 11.9. The molecule has 1 aromatic carbocycles. The van der Waals surface area contributed by atoms with Gasteiger partial charge in [-0.05, 0) is 59.5 Å². The van der Waals surface area contributed by atoms with Crippen LogP contribution in [0.15, 0.2) is 24.3 Å². The molecule has 1 aromatic rings. The number of anilines is 1. The average Bonchev–Trinajstić information content (AvgIpc) is 2.70. The number of halogens is 1. The fourth-order valence-corrected chi connectivity index (χ4v) is 2.80. The van der Waals surface area contributed by atoms with Gasteiger partial charge in [0.25, 0.3) is 0 Å². The Labute approximate surface area is 110 Å². The zero-order chi connectivity index (χ0) is 11.4. The molecule has 0 saturated heterocycles. The molecule has 1 aliphatic rings. The van der Waals surface area contributed by atoms with E-state index in [2.05, 4.69) is 27.9 Å². The molecule has 1 amide bonds. The van der Waals surface area contributed by atoms with Crippen molar-refractivity contribution in [3.63, 3.8) is 0 Å². The van der Waals surface area contributed by atoms with E-state index in [1.54, 1.807) is 0 Å². The molecular weight excluding hydrogens is 313 g/mol. The van der Waals surface area contributed by atoms with E-state index in [4.69, 9.17) is 0 Å². The molecular formula is C13H16INO. The Bertz CT molecular complexity index is 372. The highest BCUT2D eigenvalue weighted by Crippen LogP contribution is 2.27. The minimum Gasteiger partial charge on any atom is -0.326 e. The summed E-state index contributed by atoms with van der Waals surface area (Å²) in [7, 11) is 0. The molecule has 0 radical (unpaired) electrons. The number of nitrogens with one attached hydrogen (secondary N) is 1. The molecule has 0 bridgehead atoms. The monoisotopic (exact) mass is 329 g/mol. The van der Waals surface area contributed by atoms with Gasteiger partial charge in [0.15, 0.2) is 0 Å². The Balaban J connectivity index is 1.86. The maximum absolute atomic E-state index is 11.8. The van der Waals surface area contributed by atoms with E-state index in [-0.39, 0.29) is 5.91 Å². The van der Waals surface area contributed by atoms with Crippen LogP contribution in [0.2, 0.25) is 0 Å². The predicted octanol–water partition coefficient (Wildman–Crippen LogP) is 3.81. The second kappa shape index (κ2) is 5.66. The first-order chi connectivity index (χ1) is 7.74. The van der Waals surface area contributed by atoms with Crippen LogP contribution in [0.25, 0.3) is 0 Å². The van der Waals surface area contributed by atoms with Gasteiger partial charge in [0, 0.05) is 15.7 Å². The summed E-state index contributed by atoms with van der Waals surface area (Å²) in [5, 5.41) is 2.97. The molecule has 0 aliphatic heterocycles. The Morgan fingerprint density at radius 3 is 2.81 bits per heavy atom. The Morgan fingerprint density at radius 2 is 2.12 bits per heavy atom. The van der Waals surface area contributed by atoms with Crippen LogP contribution in [-0.4, -0.2) is 5.91 Å². The van der Waals surface area contributed by atoms with E-state index < -0.39 is 0 Å². The maximum Gasteiger partial charge on any atom is 0.224 e. The quantitative estimate of drug-likeness (QED) is 0.840. The molecule has 2 nitrogen and oxygen atoms in total. The molecule has 1 saturated carbocycles. The number of benzene rings is 1. The first-order valence-corrected chi connectivity index (χ1v) is 6.87. The normalized spacial score (nSPS) is 16.3. The zero-order valence-electron chi connectivity index (χ0n) is 9.21. The fourth-order valence-electron chi connectivity index (χ4n) is 2.25. The Morgan fingerprint density at radius 1 is 1.38 bits per heavy atom. The van der Waals surface area contributed by atoms with Gasteiger partial charge < -0.3 is 5.32 Å². The van der Waals surface area contributed by atoms with E-state index in [1.807, 2.05) is 24.3 Å². The maximum atomic E-state index is 11.8. The lowest BCUT2D eigenvalue weighted by Crippen LogP contribution is -2.15. The van der Waals surface area contributed by atoms with Crippen molar-refractivity contribution in [2.24, 2.45) is 5.92 Å². The van der Waals surface area contributed by atoms with Crippen LogP contribution in [0.1, 0.15) is 32.1 Å². The smallest absolute Gasteiger partial charge is 0.224 e. The minimum absolute atomic E-state index is 0.161. The third-order valence-electron chi connectivity index (χ3n) is 3.06. The third-order valence-corrected chi connectivity index (χ3v) is 3.73. The van der Waals surface area contributed by atoms with E-state index >= 15 is 0 Å². The van der Waals surface area contributed by atoms with Crippen LogP contribution < -0.4 is 5.32 Å². The van der Waals surface area contributed by atoms with Crippen molar-refractivity contribution in [1.29, 1.82) is 0 Å². The van der Waals surface area contributed by atoms with E-state index in [0.29, 0.717) is 12.3 Å². The van der Waals surface area contributed by atoms with Gasteiger partial charge in [-0.1, -0.05) is 18.9 Å². The Kier molecular flexibility index (Phi) is 4.21. The molecule has 1 aliphatic carbocycles. The summed E-state index contributed by atoms with van der Waals surface area (Å²) in [5.74, 6) is 0.775. The second-order valence-corrected chi connectivity index (χ2v) is 5.66. The van der Waals surface area contributed by atoms with Crippen LogP contribution in [0.3, 0.4) is 0 Å².